The van der Waals surface area contributed by atoms with Crippen LogP contribution in [0.1, 0.15) is 48.1 Å². The van der Waals surface area contributed by atoms with Gasteiger partial charge in [-0.1, -0.05) is 20.8 Å². The predicted molar refractivity (Wildman–Crippen MR) is 123 cm³/mol. The van der Waals surface area contributed by atoms with Crippen LogP contribution in [0.3, 0.4) is 0 Å². The third-order valence-electron chi connectivity index (χ3n) is 4.89. The smallest absolute Gasteiger partial charge is 0.258 e. The summed E-state index contributed by atoms with van der Waals surface area (Å²) in [5.74, 6) is 6.86. The lowest BCUT2D eigenvalue weighted by atomic mass is 9.92. The number of nitrogens with two attached hydrogens (primary N) is 1. The minimum atomic E-state index is -0.355. The maximum atomic E-state index is 12.7. The van der Waals surface area contributed by atoms with Crippen molar-refractivity contribution in [1.82, 2.24) is 20.2 Å². The second kappa shape index (κ2) is 9.15. The number of nitrogens with one attached hydrogen (secondary N) is 3. The molecular weight excluding hydrogens is 408 g/mol. The number of hydrogen-bond donors (Lipinski definition) is 4. The Morgan fingerprint density at radius 3 is 2.62 bits per heavy atom. The zero-order chi connectivity index (χ0) is 23.5. The largest absolute Gasteiger partial charge is 0.495 e. The van der Waals surface area contributed by atoms with Gasteiger partial charge in [-0.2, -0.15) is 5.10 Å². The highest BCUT2D eigenvalue weighted by Gasteiger charge is 2.19. The van der Waals surface area contributed by atoms with Crippen molar-refractivity contribution in [1.29, 1.82) is 5.41 Å². The Bertz CT molecular complexity index is 1130. The summed E-state index contributed by atoms with van der Waals surface area (Å²) in [5, 5.41) is 19.6. The maximum Gasteiger partial charge on any atom is 0.258 e. The van der Waals surface area contributed by atoms with E-state index < -0.39 is 0 Å². The molecule has 0 saturated carbocycles. The number of carbonyl (C=O) groups is 1. The summed E-state index contributed by atoms with van der Waals surface area (Å²) in [7, 11) is 1.54. The fourth-order valence-electron chi connectivity index (χ4n) is 2.94. The van der Waals surface area contributed by atoms with E-state index in [4.69, 9.17) is 16.0 Å². The number of rotatable bonds is 7. The SMILES string of the molecule is COc1cncc(C(=N)CN(N)c2cc(C(=O)Nc3cc(C(C)(C)C)[nH]n3)cnc2C)c1. The Balaban J connectivity index is 1.74. The Morgan fingerprint density at radius 2 is 1.97 bits per heavy atom. The molecule has 5 N–H and O–H groups in total. The molecule has 0 aliphatic rings. The average molecular weight is 437 g/mol. The van der Waals surface area contributed by atoms with E-state index in [9.17, 15) is 4.79 Å². The molecule has 168 valence electrons. The number of anilines is 2. The first kappa shape index (κ1) is 22.9. The lowest BCUT2D eigenvalue weighted by Gasteiger charge is -2.21. The van der Waals surface area contributed by atoms with Crippen LogP contribution in [0.25, 0.3) is 0 Å². The summed E-state index contributed by atoms with van der Waals surface area (Å²) in [6.45, 7) is 8.04. The molecule has 0 aliphatic heterocycles. The van der Waals surface area contributed by atoms with E-state index in [1.165, 1.54) is 18.3 Å². The summed E-state index contributed by atoms with van der Waals surface area (Å²) >= 11 is 0. The molecule has 0 radical (unpaired) electrons. The molecule has 0 unspecified atom stereocenters. The highest BCUT2D eigenvalue weighted by molar-refractivity contribution is 6.04. The maximum absolute atomic E-state index is 12.7. The van der Waals surface area contributed by atoms with Crippen molar-refractivity contribution in [3.63, 3.8) is 0 Å². The molecule has 0 fully saturated rings. The van der Waals surface area contributed by atoms with Gasteiger partial charge in [-0.15, -0.1) is 0 Å². The van der Waals surface area contributed by atoms with Crippen LogP contribution in [-0.4, -0.2) is 45.4 Å². The first-order valence-corrected chi connectivity index (χ1v) is 10.0. The molecule has 10 nitrogen and oxygen atoms in total. The molecule has 32 heavy (non-hydrogen) atoms. The van der Waals surface area contributed by atoms with E-state index in [1.54, 1.807) is 37.5 Å². The van der Waals surface area contributed by atoms with Gasteiger partial charge < -0.3 is 20.5 Å². The van der Waals surface area contributed by atoms with Gasteiger partial charge in [0.15, 0.2) is 5.82 Å². The van der Waals surface area contributed by atoms with Crippen LogP contribution in [0.4, 0.5) is 11.5 Å². The van der Waals surface area contributed by atoms with Gasteiger partial charge in [0, 0.05) is 35.1 Å². The van der Waals surface area contributed by atoms with E-state index in [-0.39, 0.29) is 23.6 Å². The van der Waals surface area contributed by atoms with Crippen LogP contribution >= 0.6 is 0 Å². The van der Waals surface area contributed by atoms with Gasteiger partial charge in [0.05, 0.1) is 42.5 Å². The van der Waals surface area contributed by atoms with Crippen molar-refractivity contribution in [3.8, 4) is 5.75 Å². The quantitative estimate of drug-likeness (QED) is 0.253. The van der Waals surface area contributed by atoms with E-state index in [1.807, 2.05) is 0 Å². The Morgan fingerprint density at radius 1 is 1.22 bits per heavy atom. The molecule has 3 heterocycles. The number of amides is 1. The fourth-order valence-corrected chi connectivity index (χ4v) is 2.94. The fraction of sp³-hybridized carbons (Fsp3) is 0.318. The molecule has 0 bridgehead atoms. The number of aromatic amines is 1. The number of pyridine rings is 2. The second-order valence-corrected chi connectivity index (χ2v) is 8.42. The summed E-state index contributed by atoms with van der Waals surface area (Å²) in [4.78, 5) is 21.1. The van der Waals surface area contributed by atoms with E-state index >= 15 is 0 Å². The number of ether oxygens (including phenoxy) is 1. The van der Waals surface area contributed by atoms with Crippen LogP contribution < -0.4 is 20.9 Å². The third-order valence-corrected chi connectivity index (χ3v) is 4.89. The number of aryl methyl sites for hydroxylation is 1. The third kappa shape index (κ3) is 5.27. The molecule has 3 rings (SSSR count). The van der Waals surface area contributed by atoms with Crippen LogP contribution in [0.5, 0.6) is 5.75 Å². The number of hydrazine groups is 1. The zero-order valence-corrected chi connectivity index (χ0v) is 18.9. The van der Waals surface area contributed by atoms with E-state index in [0.29, 0.717) is 34.1 Å². The highest BCUT2D eigenvalue weighted by Crippen LogP contribution is 2.23. The number of H-pyrrole nitrogens is 1. The number of methoxy groups -OCH3 is 1. The first-order chi connectivity index (χ1) is 15.1. The van der Waals surface area contributed by atoms with Crippen molar-refractivity contribution >= 4 is 23.1 Å². The summed E-state index contributed by atoms with van der Waals surface area (Å²) in [5.41, 5.74) is 3.14. The average Bonchev–Trinajstić information content (AvgIpc) is 3.23. The lowest BCUT2D eigenvalue weighted by molar-refractivity contribution is 0.102. The summed E-state index contributed by atoms with van der Waals surface area (Å²) in [6, 6.07) is 5.17. The molecule has 3 aromatic heterocycles. The Kier molecular flexibility index (Phi) is 6.54. The van der Waals surface area contributed by atoms with Gasteiger partial charge in [-0.25, -0.2) is 5.84 Å². The topological polar surface area (TPSA) is 146 Å². The number of carbonyl (C=O) groups excluding carboxylic acids is 1. The standard InChI is InChI=1S/C22H28N8O2/c1-13-18(30(24)12-17(23)14-6-16(32-5)11-25-9-14)7-15(10-26-13)21(31)27-20-8-19(28-29-20)22(2,3)4/h6-11,23H,12,24H2,1-5H3,(H2,27,28,29,31). The number of aromatic nitrogens is 4. The Labute approximate surface area is 186 Å². The molecule has 0 spiro atoms. The zero-order valence-electron chi connectivity index (χ0n) is 18.9. The molecule has 0 aromatic carbocycles. The minimum Gasteiger partial charge on any atom is -0.495 e. The normalized spacial score (nSPS) is 11.2. The lowest BCUT2D eigenvalue weighted by Crippen LogP contribution is -2.37. The van der Waals surface area contributed by atoms with E-state index in [0.717, 1.165) is 5.69 Å². The van der Waals surface area contributed by atoms with Gasteiger partial charge in [0.2, 0.25) is 0 Å². The molecule has 0 atom stereocenters. The number of nitrogens with zero attached hydrogens (tertiary/aromatic N) is 4. The summed E-state index contributed by atoms with van der Waals surface area (Å²) in [6.07, 6.45) is 4.62. The van der Waals surface area contributed by atoms with Gasteiger partial charge in [-0.3, -0.25) is 19.9 Å². The van der Waals surface area contributed by atoms with Gasteiger partial charge >= 0.3 is 0 Å². The van der Waals surface area contributed by atoms with Crippen molar-refractivity contribution in [2.75, 3.05) is 24.0 Å². The second-order valence-electron chi connectivity index (χ2n) is 8.42. The van der Waals surface area contributed by atoms with Crippen molar-refractivity contribution in [2.45, 2.75) is 33.1 Å². The van der Waals surface area contributed by atoms with Gasteiger partial charge in [0.25, 0.3) is 5.91 Å². The van der Waals surface area contributed by atoms with Crippen molar-refractivity contribution < 1.29 is 9.53 Å². The van der Waals surface area contributed by atoms with Crippen LogP contribution in [-0.2, 0) is 5.41 Å². The molecule has 1 amide bonds. The minimum absolute atomic E-state index is 0.0940. The predicted octanol–water partition coefficient (Wildman–Crippen LogP) is 2.81. The molecule has 10 heteroatoms. The monoisotopic (exact) mass is 436 g/mol. The van der Waals surface area contributed by atoms with Crippen LogP contribution in [0.2, 0.25) is 0 Å². The molecular formula is C22H28N8O2. The summed E-state index contributed by atoms with van der Waals surface area (Å²) < 4.78 is 5.16. The van der Waals surface area contributed by atoms with Gasteiger partial charge in [0.1, 0.15) is 5.75 Å². The van der Waals surface area contributed by atoms with E-state index in [2.05, 4.69) is 46.3 Å². The highest BCUT2D eigenvalue weighted by atomic mass is 16.5. The first-order valence-electron chi connectivity index (χ1n) is 10.0. The molecule has 0 saturated heterocycles. The number of hydrogen-bond acceptors (Lipinski definition) is 8. The van der Waals surface area contributed by atoms with Crippen molar-refractivity contribution in [3.05, 3.63) is 59.3 Å². The van der Waals surface area contributed by atoms with Crippen molar-refractivity contribution in [2.24, 2.45) is 5.84 Å². The molecule has 0 aliphatic carbocycles. The Hall–Kier alpha value is -3.79. The van der Waals surface area contributed by atoms with Crippen LogP contribution in [0.15, 0.2) is 36.8 Å². The van der Waals surface area contributed by atoms with Crippen LogP contribution in [0, 0.1) is 12.3 Å². The van der Waals surface area contributed by atoms with Gasteiger partial charge in [-0.05, 0) is 19.1 Å². The molecule has 3 aromatic rings.